The second-order valence-electron chi connectivity index (χ2n) is 3.20. The van der Waals surface area contributed by atoms with E-state index >= 15 is 0 Å². The van der Waals surface area contributed by atoms with Gasteiger partial charge in [0, 0.05) is 12.7 Å². The average Bonchev–Trinajstić information content (AvgIpc) is 2.48. The summed E-state index contributed by atoms with van der Waals surface area (Å²) in [5.74, 6) is 0.0480. The van der Waals surface area contributed by atoms with Crippen LogP contribution >= 0.6 is 0 Å². The van der Waals surface area contributed by atoms with Crippen molar-refractivity contribution < 1.29 is 9.59 Å². The molecule has 0 unspecified atom stereocenters. The molecule has 0 N–H and O–H groups in total. The van der Waals surface area contributed by atoms with Crippen LogP contribution in [0.3, 0.4) is 0 Å². The zero-order valence-electron chi connectivity index (χ0n) is 7.36. The van der Waals surface area contributed by atoms with Gasteiger partial charge in [0.15, 0.2) is 6.29 Å². The number of likely N-dealkylation sites (N-methyl/N-ethyl adjacent to an activating group) is 1. The van der Waals surface area contributed by atoms with E-state index in [1.807, 2.05) is 6.07 Å². The number of hydrogen-bond acceptors (Lipinski definition) is 2. The minimum Gasteiger partial charge on any atom is -0.338 e. The van der Waals surface area contributed by atoms with Gasteiger partial charge < -0.3 is 9.47 Å². The third-order valence-electron chi connectivity index (χ3n) is 2.34. The highest BCUT2D eigenvalue weighted by Crippen LogP contribution is 2.15. The molecular formula is C9H10N2O2. The highest BCUT2D eigenvalue weighted by atomic mass is 16.2. The molecule has 2 heterocycles. The molecule has 1 aliphatic rings. The van der Waals surface area contributed by atoms with E-state index in [4.69, 9.17) is 0 Å². The molecule has 0 aliphatic carbocycles. The van der Waals surface area contributed by atoms with Crippen molar-refractivity contribution in [3.63, 3.8) is 0 Å². The standard InChI is InChI=1S/C9H10N2O2/c1-10-4-7-2-3-8(6-12)11(7)5-9(10)13/h2-3,6H,4-5H2,1H3. The number of fused-ring (bicyclic) bond motifs is 1. The van der Waals surface area contributed by atoms with Crippen molar-refractivity contribution in [2.24, 2.45) is 0 Å². The molecule has 0 aromatic carbocycles. The summed E-state index contributed by atoms with van der Waals surface area (Å²) >= 11 is 0. The van der Waals surface area contributed by atoms with Crippen LogP contribution in [0.5, 0.6) is 0 Å². The van der Waals surface area contributed by atoms with Crippen LogP contribution < -0.4 is 0 Å². The maximum absolute atomic E-state index is 11.3. The molecule has 0 saturated heterocycles. The summed E-state index contributed by atoms with van der Waals surface area (Å²) in [6.45, 7) is 0.875. The van der Waals surface area contributed by atoms with Crippen molar-refractivity contribution in [2.45, 2.75) is 13.1 Å². The van der Waals surface area contributed by atoms with Gasteiger partial charge in [-0.05, 0) is 12.1 Å². The maximum atomic E-state index is 11.3. The Hall–Kier alpha value is -1.58. The molecule has 0 spiro atoms. The monoisotopic (exact) mass is 178 g/mol. The lowest BCUT2D eigenvalue weighted by atomic mass is 10.3. The molecule has 0 bridgehead atoms. The van der Waals surface area contributed by atoms with Gasteiger partial charge in [0.25, 0.3) is 0 Å². The van der Waals surface area contributed by atoms with Gasteiger partial charge in [0.05, 0.1) is 12.2 Å². The Balaban J connectivity index is 2.44. The van der Waals surface area contributed by atoms with Crippen LogP contribution in [0.4, 0.5) is 0 Å². The summed E-state index contributed by atoms with van der Waals surface area (Å²) in [6, 6.07) is 3.63. The zero-order valence-corrected chi connectivity index (χ0v) is 7.36. The molecule has 2 rings (SSSR count). The van der Waals surface area contributed by atoms with Gasteiger partial charge in [-0.1, -0.05) is 0 Å². The number of hydrogen-bond donors (Lipinski definition) is 0. The highest BCUT2D eigenvalue weighted by Gasteiger charge is 2.20. The van der Waals surface area contributed by atoms with Gasteiger partial charge in [-0.2, -0.15) is 0 Å². The predicted octanol–water partition coefficient (Wildman–Crippen LogP) is 0.273. The number of amides is 1. The van der Waals surface area contributed by atoms with Crippen LogP contribution in [0.15, 0.2) is 12.1 Å². The van der Waals surface area contributed by atoms with Gasteiger partial charge in [-0.3, -0.25) is 9.59 Å². The van der Waals surface area contributed by atoms with E-state index in [9.17, 15) is 9.59 Å². The normalized spacial score (nSPS) is 15.8. The number of aromatic nitrogens is 1. The maximum Gasteiger partial charge on any atom is 0.242 e. The molecule has 1 aromatic rings. The lowest BCUT2D eigenvalue weighted by Crippen LogP contribution is -2.36. The number of nitrogens with zero attached hydrogens (tertiary/aromatic N) is 2. The number of rotatable bonds is 1. The molecule has 0 radical (unpaired) electrons. The fourth-order valence-corrected chi connectivity index (χ4v) is 1.55. The van der Waals surface area contributed by atoms with Gasteiger partial charge in [-0.25, -0.2) is 0 Å². The number of carbonyl (C=O) groups excluding carboxylic acids is 2. The Morgan fingerprint density at radius 2 is 2.15 bits per heavy atom. The third kappa shape index (κ3) is 1.14. The molecule has 0 atom stereocenters. The average molecular weight is 178 g/mol. The molecule has 4 heteroatoms. The lowest BCUT2D eigenvalue weighted by Gasteiger charge is -2.25. The third-order valence-corrected chi connectivity index (χ3v) is 2.34. The Bertz CT molecular complexity index is 368. The van der Waals surface area contributed by atoms with Gasteiger partial charge in [0.2, 0.25) is 5.91 Å². The van der Waals surface area contributed by atoms with Gasteiger partial charge >= 0.3 is 0 Å². The summed E-state index contributed by atoms with van der Waals surface area (Å²) < 4.78 is 1.76. The summed E-state index contributed by atoms with van der Waals surface area (Å²) in [4.78, 5) is 23.6. The molecule has 1 aliphatic heterocycles. The van der Waals surface area contributed by atoms with E-state index in [2.05, 4.69) is 0 Å². The molecule has 0 fully saturated rings. The first-order valence-electron chi connectivity index (χ1n) is 4.10. The molecule has 1 amide bonds. The predicted molar refractivity (Wildman–Crippen MR) is 46.3 cm³/mol. The Labute approximate surface area is 75.8 Å². The molecule has 0 saturated carbocycles. The van der Waals surface area contributed by atoms with E-state index in [0.717, 1.165) is 12.0 Å². The van der Waals surface area contributed by atoms with Crippen molar-refractivity contribution in [3.05, 3.63) is 23.5 Å². The van der Waals surface area contributed by atoms with E-state index in [1.165, 1.54) is 0 Å². The van der Waals surface area contributed by atoms with E-state index < -0.39 is 0 Å². The van der Waals surface area contributed by atoms with Crippen molar-refractivity contribution >= 4 is 12.2 Å². The summed E-state index contributed by atoms with van der Waals surface area (Å²) in [6.07, 6.45) is 0.780. The van der Waals surface area contributed by atoms with Crippen molar-refractivity contribution in [1.29, 1.82) is 0 Å². The zero-order chi connectivity index (χ0) is 9.42. The molecule has 4 nitrogen and oxygen atoms in total. The first-order chi connectivity index (χ1) is 6.22. The summed E-state index contributed by atoms with van der Waals surface area (Å²) in [5.41, 5.74) is 1.60. The van der Waals surface area contributed by atoms with Crippen LogP contribution in [-0.4, -0.2) is 28.7 Å². The fourth-order valence-electron chi connectivity index (χ4n) is 1.55. The Morgan fingerprint density at radius 3 is 2.85 bits per heavy atom. The number of aldehydes is 1. The molecule has 68 valence electrons. The van der Waals surface area contributed by atoms with Crippen LogP contribution in [0.1, 0.15) is 16.2 Å². The molecule has 1 aromatic heterocycles. The largest absolute Gasteiger partial charge is 0.338 e. The Kier molecular flexibility index (Phi) is 1.69. The summed E-state index contributed by atoms with van der Waals surface area (Å²) in [5, 5.41) is 0. The second-order valence-corrected chi connectivity index (χ2v) is 3.20. The van der Waals surface area contributed by atoms with Crippen LogP contribution in [0.2, 0.25) is 0 Å². The van der Waals surface area contributed by atoms with Gasteiger partial charge in [0.1, 0.15) is 6.54 Å². The highest BCUT2D eigenvalue weighted by molar-refractivity contribution is 5.80. The topological polar surface area (TPSA) is 42.3 Å². The minimum absolute atomic E-state index is 0.0480. The van der Waals surface area contributed by atoms with Crippen molar-refractivity contribution in [2.75, 3.05) is 7.05 Å². The van der Waals surface area contributed by atoms with E-state index in [-0.39, 0.29) is 12.5 Å². The minimum atomic E-state index is 0.0480. The number of carbonyl (C=O) groups is 2. The van der Waals surface area contributed by atoms with E-state index in [1.54, 1.807) is 22.6 Å². The summed E-state index contributed by atoms with van der Waals surface area (Å²) in [7, 11) is 1.76. The van der Waals surface area contributed by atoms with Crippen LogP contribution in [0, 0.1) is 0 Å². The van der Waals surface area contributed by atoms with Crippen molar-refractivity contribution in [1.82, 2.24) is 9.47 Å². The van der Waals surface area contributed by atoms with Crippen LogP contribution in [-0.2, 0) is 17.9 Å². The first kappa shape index (κ1) is 8.04. The quantitative estimate of drug-likeness (QED) is 0.579. The Morgan fingerprint density at radius 1 is 1.38 bits per heavy atom. The van der Waals surface area contributed by atoms with Crippen molar-refractivity contribution in [3.8, 4) is 0 Å². The SMILES string of the molecule is CN1Cc2ccc(C=O)n2CC1=O. The first-order valence-corrected chi connectivity index (χ1v) is 4.10. The van der Waals surface area contributed by atoms with E-state index in [0.29, 0.717) is 12.2 Å². The van der Waals surface area contributed by atoms with Crippen LogP contribution in [0.25, 0.3) is 0 Å². The lowest BCUT2D eigenvalue weighted by molar-refractivity contribution is -0.132. The smallest absolute Gasteiger partial charge is 0.242 e. The fraction of sp³-hybridized carbons (Fsp3) is 0.333. The molecular weight excluding hydrogens is 168 g/mol. The molecule has 13 heavy (non-hydrogen) atoms. The van der Waals surface area contributed by atoms with Gasteiger partial charge in [-0.15, -0.1) is 0 Å². The second kappa shape index (κ2) is 2.73.